The predicted molar refractivity (Wildman–Crippen MR) is 251 cm³/mol. The Hall–Kier alpha value is -5.64. The minimum atomic E-state index is -1.45. The van der Waals surface area contributed by atoms with Crippen LogP contribution in [0.1, 0.15) is 46.9 Å². The van der Waals surface area contributed by atoms with Gasteiger partial charge >= 0.3 is 6.09 Å². The second kappa shape index (κ2) is 20.7. The molecular weight excluding hydrogens is 871 g/mol. The highest BCUT2D eigenvalue weighted by molar-refractivity contribution is 6.76. The number of allylic oxidation sites excluding steroid dienone is 1. The van der Waals surface area contributed by atoms with Gasteiger partial charge < -0.3 is 48.6 Å². The van der Waals surface area contributed by atoms with Gasteiger partial charge in [-0.1, -0.05) is 57.0 Å². The number of rotatable bonds is 21. The molecule has 2 aromatic rings. The highest BCUT2D eigenvalue weighted by atomic mass is 28.3. The standard InChI is InChI=1S/C46H63N5O12Si2/c1-30-20-36-44(54)50(28-60-16-18-64(4,5)6)34-24-40(38(58-2)22-32(34)42(52)48(36)26-30)62-14-11-15-63-41-25-35-33(23-39(41)59-3)43(53)49-27-31(12-10-13-47-46(56)57)21-37(49)45(55)51(35)29-61-17-19-65(7,8)9/h10,12,22-27,36-37,47H,11,13-21,28-29H2,1-9H3,(H,56,57)/b12-10+/t36-,37-/m0/s1. The minimum Gasteiger partial charge on any atom is -0.493 e. The third kappa shape index (κ3) is 11.8. The Morgan fingerprint density at radius 3 is 1.65 bits per heavy atom. The summed E-state index contributed by atoms with van der Waals surface area (Å²) in [6.45, 7) is 16.6. The first kappa shape index (κ1) is 48.8. The van der Waals surface area contributed by atoms with Crippen LogP contribution in [0.4, 0.5) is 16.2 Å². The topological polar surface area (TPSA) is 186 Å². The van der Waals surface area contributed by atoms with E-state index in [9.17, 15) is 24.0 Å². The predicted octanol–water partition coefficient (Wildman–Crippen LogP) is 6.91. The first-order valence-electron chi connectivity index (χ1n) is 21.9. The molecule has 17 nitrogen and oxygen atoms in total. The molecule has 5 amide bonds. The van der Waals surface area contributed by atoms with Gasteiger partial charge in [0.15, 0.2) is 23.0 Å². The van der Waals surface area contributed by atoms with Gasteiger partial charge in [0.2, 0.25) is 0 Å². The van der Waals surface area contributed by atoms with Crippen molar-refractivity contribution in [2.24, 2.45) is 0 Å². The molecule has 0 aromatic heterocycles. The van der Waals surface area contributed by atoms with Crippen molar-refractivity contribution in [1.29, 1.82) is 0 Å². The third-order valence-electron chi connectivity index (χ3n) is 11.4. The van der Waals surface area contributed by atoms with E-state index < -0.39 is 40.2 Å². The van der Waals surface area contributed by atoms with Crippen LogP contribution in [0.2, 0.25) is 51.4 Å². The number of nitrogens with zero attached hydrogens (tertiary/aromatic N) is 4. The molecule has 4 aliphatic heterocycles. The van der Waals surface area contributed by atoms with Crippen molar-refractivity contribution in [3.63, 3.8) is 0 Å². The van der Waals surface area contributed by atoms with Crippen molar-refractivity contribution in [3.8, 4) is 23.0 Å². The molecule has 0 spiro atoms. The van der Waals surface area contributed by atoms with Gasteiger partial charge in [0.25, 0.3) is 23.6 Å². The first-order valence-corrected chi connectivity index (χ1v) is 29.4. The summed E-state index contributed by atoms with van der Waals surface area (Å²) >= 11 is 0. The number of benzene rings is 2. The molecule has 0 fully saturated rings. The summed E-state index contributed by atoms with van der Waals surface area (Å²) in [5.41, 5.74) is 2.86. The Morgan fingerprint density at radius 1 is 0.708 bits per heavy atom. The average Bonchev–Trinajstić information content (AvgIpc) is 3.83. The zero-order chi connectivity index (χ0) is 47.2. The van der Waals surface area contributed by atoms with Crippen LogP contribution in [0.5, 0.6) is 23.0 Å². The van der Waals surface area contributed by atoms with Crippen LogP contribution in [0.25, 0.3) is 0 Å². The number of hydrogen-bond donors (Lipinski definition) is 2. The molecule has 2 N–H and O–H groups in total. The number of ether oxygens (including phenoxy) is 6. The lowest BCUT2D eigenvalue weighted by Gasteiger charge is -2.27. The van der Waals surface area contributed by atoms with Crippen molar-refractivity contribution >= 4 is 57.2 Å². The maximum absolute atomic E-state index is 14.3. The van der Waals surface area contributed by atoms with Crippen molar-refractivity contribution in [2.45, 2.75) is 89.6 Å². The van der Waals surface area contributed by atoms with Crippen LogP contribution in [0, 0.1) is 0 Å². The molecule has 0 aliphatic carbocycles. The maximum atomic E-state index is 14.3. The Balaban J connectivity index is 1.20. The molecule has 0 saturated carbocycles. The Kier molecular flexibility index (Phi) is 15.5. The second-order valence-corrected chi connectivity index (χ2v) is 30.2. The molecule has 2 aromatic carbocycles. The van der Waals surface area contributed by atoms with Crippen LogP contribution in [-0.4, -0.2) is 134 Å². The average molecular weight is 934 g/mol. The number of amides is 5. The summed E-state index contributed by atoms with van der Waals surface area (Å²) < 4.78 is 36.1. The lowest BCUT2D eigenvalue weighted by atomic mass is 10.1. The molecule has 65 heavy (non-hydrogen) atoms. The molecule has 2 atom stereocenters. The molecule has 0 unspecified atom stereocenters. The number of carbonyl (C=O) groups is 5. The summed E-state index contributed by atoms with van der Waals surface area (Å²) in [6, 6.07) is 6.74. The first-order chi connectivity index (χ1) is 30.8. The van der Waals surface area contributed by atoms with E-state index in [0.717, 1.165) is 17.7 Å². The summed E-state index contributed by atoms with van der Waals surface area (Å²) in [4.78, 5) is 73.4. The number of carbonyl (C=O) groups excluding carboxylic acids is 4. The number of anilines is 2. The number of fused-ring (bicyclic) bond motifs is 4. The summed E-state index contributed by atoms with van der Waals surface area (Å²) in [6.07, 6.45) is 6.57. The lowest BCUT2D eigenvalue weighted by Crippen LogP contribution is -2.45. The fourth-order valence-corrected chi connectivity index (χ4v) is 9.29. The smallest absolute Gasteiger partial charge is 0.404 e. The molecule has 4 heterocycles. The summed E-state index contributed by atoms with van der Waals surface area (Å²) in [7, 11) is 0.104. The quantitative estimate of drug-likeness (QED) is 0.0975. The van der Waals surface area contributed by atoms with E-state index in [0.29, 0.717) is 65.8 Å². The molecular formula is C46H63N5O12Si2. The molecule has 0 bridgehead atoms. The molecule has 4 aliphatic rings. The summed E-state index contributed by atoms with van der Waals surface area (Å²) in [5, 5.41) is 11.2. The number of nitrogens with one attached hydrogen (secondary N) is 1. The molecule has 6 rings (SSSR count). The zero-order valence-corrected chi connectivity index (χ0v) is 41.0. The summed E-state index contributed by atoms with van der Waals surface area (Å²) in [5.74, 6) is -0.0391. The van der Waals surface area contributed by atoms with E-state index in [1.165, 1.54) is 33.8 Å². The van der Waals surface area contributed by atoms with E-state index >= 15 is 0 Å². The van der Waals surface area contributed by atoms with Gasteiger partial charge in [-0.05, 0) is 43.1 Å². The molecule has 0 radical (unpaired) electrons. The van der Waals surface area contributed by atoms with Crippen LogP contribution in [0.15, 0.2) is 60.0 Å². The van der Waals surface area contributed by atoms with E-state index in [1.54, 1.807) is 48.8 Å². The normalized spacial score (nSPS) is 18.5. The Bertz CT molecular complexity index is 2250. The number of methoxy groups -OCH3 is 2. The Labute approximate surface area is 382 Å². The van der Waals surface area contributed by atoms with Crippen molar-refractivity contribution in [1.82, 2.24) is 15.1 Å². The molecule has 352 valence electrons. The fraction of sp³-hybridized carbons (Fsp3) is 0.500. The van der Waals surface area contributed by atoms with E-state index in [4.69, 9.17) is 33.5 Å². The van der Waals surface area contributed by atoms with Crippen LogP contribution in [-0.2, 0) is 19.1 Å². The van der Waals surface area contributed by atoms with Gasteiger partial charge in [0, 0.05) is 73.3 Å². The van der Waals surface area contributed by atoms with E-state index in [1.807, 2.05) is 6.92 Å². The van der Waals surface area contributed by atoms with Crippen molar-refractivity contribution < 1.29 is 57.5 Å². The highest BCUT2D eigenvalue weighted by Gasteiger charge is 2.44. The van der Waals surface area contributed by atoms with E-state index in [-0.39, 0.29) is 68.7 Å². The van der Waals surface area contributed by atoms with E-state index in [2.05, 4.69) is 44.6 Å². The van der Waals surface area contributed by atoms with Crippen molar-refractivity contribution in [3.05, 3.63) is 71.1 Å². The van der Waals surface area contributed by atoms with Gasteiger partial charge in [-0.2, -0.15) is 0 Å². The largest absolute Gasteiger partial charge is 0.493 e. The minimum absolute atomic E-state index is 0.0176. The zero-order valence-electron chi connectivity index (χ0n) is 39.0. The van der Waals surface area contributed by atoms with Crippen LogP contribution >= 0.6 is 0 Å². The SMILES string of the molecule is COc1cc2c(cc1OCCCOc1cc3c(cc1OC)C(=O)N1C=C(/C=C/CNC(=O)O)C[C@H]1C(=O)N3COCC[Si](C)(C)C)N(COCC[Si](C)(C)C)C(=O)[C@@H]1CC(C)=CN1C2=O. The molecule has 0 saturated heterocycles. The van der Waals surface area contributed by atoms with Crippen molar-refractivity contribution in [2.75, 3.05) is 70.5 Å². The van der Waals surface area contributed by atoms with Gasteiger partial charge in [-0.3, -0.25) is 29.0 Å². The Morgan fingerprint density at radius 2 is 1.18 bits per heavy atom. The molecule has 19 heteroatoms. The van der Waals surface area contributed by atoms with Crippen LogP contribution in [0.3, 0.4) is 0 Å². The highest BCUT2D eigenvalue weighted by Crippen LogP contribution is 2.42. The van der Waals surface area contributed by atoms with Crippen LogP contribution < -0.4 is 34.1 Å². The van der Waals surface area contributed by atoms with Gasteiger partial charge in [-0.15, -0.1) is 0 Å². The number of hydrogen-bond acceptors (Lipinski definition) is 11. The van der Waals surface area contributed by atoms with Gasteiger partial charge in [0.05, 0.1) is 49.9 Å². The number of carboxylic acid groups (broad SMARTS) is 1. The van der Waals surface area contributed by atoms with Gasteiger partial charge in [0.1, 0.15) is 25.5 Å². The fourth-order valence-electron chi connectivity index (χ4n) is 7.77. The lowest BCUT2D eigenvalue weighted by molar-refractivity contribution is -0.123. The van der Waals surface area contributed by atoms with Gasteiger partial charge in [-0.25, -0.2) is 4.79 Å². The monoisotopic (exact) mass is 933 g/mol. The second-order valence-electron chi connectivity index (χ2n) is 19.0. The maximum Gasteiger partial charge on any atom is 0.404 e. The third-order valence-corrected chi connectivity index (χ3v) is 14.8.